The molecule has 28 heavy (non-hydrogen) atoms. The van der Waals surface area contributed by atoms with Crippen molar-refractivity contribution in [2.24, 2.45) is 0 Å². The third kappa shape index (κ3) is 3.96. The number of hydrogen-bond acceptors (Lipinski definition) is 4. The van der Waals surface area contributed by atoms with Crippen molar-refractivity contribution in [2.75, 3.05) is 6.61 Å². The maximum absolute atomic E-state index is 13.1. The first-order valence-electron chi connectivity index (χ1n) is 9.12. The Bertz CT molecular complexity index is 907. The Morgan fingerprint density at radius 3 is 2.25 bits per heavy atom. The largest absolute Gasteiger partial charge is 0.463 e. The van der Waals surface area contributed by atoms with E-state index in [1.165, 1.54) is 0 Å². The molecule has 0 aliphatic carbocycles. The summed E-state index contributed by atoms with van der Waals surface area (Å²) in [5, 5.41) is 2.63. The lowest BCUT2D eigenvalue weighted by Crippen LogP contribution is -2.51. The maximum atomic E-state index is 13.1. The highest BCUT2D eigenvalue weighted by molar-refractivity contribution is 6.02. The Kier molecular flexibility index (Phi) is 5.89. The average molecular weight is 378 g/mol. The zero-order valence-electron chi connectivity index (χ0n) is 15.8. The van der Waals surface area contributed by atoms with Gasteiger partial charge in [-0.15, -0.1) is 0 Å². The summed E-state index contributed by atoms with van der Waals surface area (Å²) in [6.07, 6.45) is 0.0484. The standard InChI is InChI=1S/C22H22N2O4/c1-3-28-21(26)19-15(2)23-22(27)24(20(19)17-12-8-5-9-13-17)18(25)14-16-10-6-4-7-11-16/h4-13,20H,3,14H2,1-2H3,(H,23,27). The minimum Gasteiger partial charge on any atom is -0.463 e. The second kappa shape index (κ2) is 8.52. The van der Waals surface area contributed by atoms with Gasteiger partial charge in [-0.1, -0.05) is 60.7 Å². The minimum atomic E-state index is -0.842. The third-order valence-electron chi connectivity index (χ3n) is 4.53. The zero-order chi connectivity index (χ0) is 20.1. The summed E-state index contributed by atoms with van der Waals surface area (Å²) >= 11 is 0. The van der Waals surface area contributed by atoms with Crippen molar-refractivity contribution in [3.63, 3.8) is 0 Å². The number of ether oxygens (including phenoxy) is 1. The lowest BCUT2D eigenvalue weighted by molar-refractivity contribution is -0.140. The van der Waals surface area contributed by atoms with E-state index in [1.807, 2.05) is 36.4 Å². The van der Waals surface area contributed by atoms with E-state index in [9.17, 15) is 14.4 Å². The molecule has 0 aromatic heterocycles. The van der Waals surface area contributed by atoms with Gasteiger partial charge in [-0.2, -0.15) is 0 Å². The number of hydrogen-bond donors (Lipinski definition) is 1. The van der Waals surface area contributed by atoms with Crippen LogP contribution in [0.2, 0.25) is 0 Å². The van der Waals surface area contributed by atoms with Crippen LogP contribution in [-0.2, 0) is 20.7 Å². The number of nitrogens with zero attached hydrogens (tertiary/aromatic N) is 1. The number of amides is 3. The number of carbonyl (C=O) groups excluding carboxylic acids is 3. The lowest BCUT2D eigenvalue weighted by Gasteiger charge is -2.36. The van der Waals surface area contributed by atoms with Crippen LogP contribution >= 0.6 is 0 Å². The second-order valence-corrected chi connectivity index (χ2v) is 6.43. The normalized spacial score (nSPS) is 16.6. The number of nitrogens with one attached hydrogen (secondary N) is 1. The van der Waals surface area contributed by atoms with Crippen LogP contribution in [0.3, 0.4) is 0 Å². The van der Waals surface area contributed by atoms with E-state index in [-0.39, 0.29) is 18.6 Å². The predicted octanol–water partition coefficient (Wildman–Crippen LogP) is 3.36. The van der Waals surface area contributed by atoms with Crippen LogP contribution in [0.4, 0.5) is 4.79 Å². The first-order chi connectivity index (χ1) is 13.5. The molecule has 1 atom stereocenters. The molecule has 0 saturated heterocycles. The van der Waals surface area contributed by atoms with Crippen molar-refractivity contribution in [1.29, 1.82) is 0 Å². The van der Waals surface area contributed by atoms with Crippen molar-refractivity contribution in [3.05, 3.63) is 83.1 Å². The summed E-state index contributed by atoms with van der Waals surface area (Å²) < 4.78 is 5.20. The van der Waals surface area contributed by atoms with E-state index in [0.717, 1.165) is 10.5 Å². The van der Waals surface area contributed by atoms with Gasteiger partial charge in [-0.25, -0.2) is 9.59 Å². The number of rotatable bonds is 5. The molecule has 2 aromatic carbocycles. The maximum Gasteiger partial charge on any atom is 0.338 e. The van der Waals surface area contributed by atoms with Gasteiger partial charge in [-0.3, -0.25) is 9.69 Å². The molecule has 0 saturated carbocycles. The van der Waals surface area contributed by atoms with Crippen LogP contribution in [0.25, 0.3) is 0 Å². The predicted molar refractivity (Wildman–Crippen MR) is 104 cm³/mol. The highest BCUT2D eigenvalue weighted by Gasteiger charge is 2.41. The first-order valence-corrected chi connectivity index (χ1v) is 9.12. The molecule has 1 N–H and O–H groups in total. The summed E-state index contributed by atoms with van der Waals surface area (Å²) in [6, 6.07) is 16.8. The molecule has 0 fully saturated rings. The van der Waals surface area contributed by atoms with Crippen LogP contribution < -0.4 is 5.32 Å². The molecule has 1 unspecified atom stereocenters. The molecule has 6 heteroatoms. The highest BCUT2D eigenvalue weighted by Crippen LogP contribution is 2.34. The van der Waals surface area contributed by atoms with Crippen molar-refractivity contribution in [2.45, 2.75) is 26.3 Å². The fraction of sp³-hybridized carbons (Fsp3) is 0.227. The number of esters is 1. The minimum absolute atomic E-state index is 0.0484. The molecular formula is C22H22N2O4. The van der Waals surface area contributed by atoms with Gasteiger partial charge in [0.05, 0.1) is 18.6 Å². The van der Waals surface area contributed by atoms with Crippen LogP contribution in [0.15, 0.2) is 71.9 Å². The SMILES string of the molecule is CCOC(=O)C1=C(C)NC(=O)N(C(=O)Cc2ccccc2)C1c1ccccc1. The van der Waals surface area contributed by atoms with Crippen molar-refractivity contribution < 1.29 is 19.1 Å². The molecule has 0 radical (unpaired) electrons. The summed E-state index contributed by atoms with van der Waals surface area (Å²) in [6.45, 7) is 3.55. The molecule has 0 bridgehead atoms. The molecule has 2 aromatic rings. The quantitative estimate of drug-likeness (QED) is 0.810. The number of carbonyl (C=O) groups is 3. The van der Waals surface area contributed by atoms with Crippen LogP contribution in [-0.4, -0.2) is 29.4 Å². The monoisotopic (exact) mass is 378 g/mol. The lowest BCUT2D eigenvalue weighted by atomic mass is 9.93. The summed E-state index contributed by atoms with van der Waals surface area (Å²) in [4.78, 5) is 39.6. The van der Waals surface area contributed by atoms with E-state index in [4.69, 9.17) is 4.74 Å². The Hall–Kier alpha value is -3.41. The highest BCUT2D eigenvalue weighted by atomic mass is 16.5. The molecule has 144 valence electrons. The average Bonchev–Trinajstić information content (AvgIpc) is 2.68. The van der Waals surface area contributed by atoms with Crippen LogP contribution in [0, 0.1) is 0 Å². The van der Waals surface area contributed by atoms with E-state index in [1.54, 1.807) is 38.1 Å². The molecule has 1 aliphatic rings. The number of imide groups is 1. The Balaban J connectivity index is 2.05. The third-order valence-corrected chi connectivity index (χ3v) is 4.53. The van der Waals surface area contributed by atoms with Crippen molar-refractivity contribution in [1.82, 2.24) is 10.2 Å². The van der Waals surface area contributed by atoms with Gasteiger partial charge in [0.25, 0.3) is 0 Å². The number of allylic oxidation sites excluding steroid dienone is 1. The van der Waals surface area contributed by atoms with Crippen LogP contribution in [0.5, 0.6) is 0 Å². The van der Waals surface area contributed by atoms with E-state index in [0.29, 0.717) is 11.3 Å². The van der Waals surface area contributed by atoms with Crippen LogP contribution in [0.1, 0.15) is 31.0 Å². The van der Waals surface area contributed by atoms with Gasteiger partial charge in [0, 0.05) is 5.70 Å². The Morgan fingerprint density at radius 2 is 1.64 bits per heavy atom. The topological polar surface area (TPSA) is 75.7 Å². The summed E-state index contributed by atoms with van der Waals surface area (Å²) in [7, 11) is 0. The van der Waals surface area contributed by atoms with E-state index in [2.05, 4.69) is 5.32 Å². The molecule has 3 amide bonds. The van der Waals surface area contributed by atoms with Gasteiger partial charge >= 0.3 is 12.0 Å². The van der Waals surface area contributed by atoms with Gasteiger partial charge in [-0.05, 0) is 25.0 Å². The van der Waals surface area contributed by atoms with E-state index >= 15 is 0 Å². The van der Waals surface area contributed by atoms with Gasteiger partial charge in [0.15, 0.2) is 0 Å². The van der Waals surface area contributed by atoms with Gasteiger partial charge < -0.3 is 10.1 Å². The van der Waals surface area contributed by atoms with E-state index < -0.39 is 23.9 Å². The Morgan fingerprint density at radius 1 is 1.04 bits per heavy atom. The smallest absolute Gasteiger partial charge is 0.338 e. The summed E-state index contributed by atoms with van der Waals surface area (Å²) in [5.74, 6) is -0.946. The molecule has 1 aliphatic heterocycles. The zero-order valence-corrected chi connectivity index (χ0v) is 15.8. The molecule has 6 nitrogen and oxygen atoms in total. The summed E-state index contributed by atoms with van der Waals surface area (Å²) in [5.41, 5.74) is 2.10. The number of urea groups is 1. The molecule has 3 rings (SSSR count). The Labute approximate surface area is 163 Å². The molecule has 0 spiro atoms. The second-order valence-electron chi connectivity index (χ2n) is 6.43. The molecule has 1 heterocycles. The number of benzene rings is 2. The molecular weight excluding hydrogens is 356 g/mol. The van der Waals surface area contributed by atoms with Crippen molar-refractivity contribution >= 4 is 17.9 Å². The van der Waals surface area contributed by atoms with Gasteiger partial charge in [0.2, 0.25) is 5.91 Å². The first kappa shape index (κ1) is 19.4. The fourth-order valence-corrected chi connectivity index (χ4v) is 3.28. The van der Waals surface area contributed by atoms with Gasteiger partial charge in [0.1, 0.15) is 6.04 Å². The fourth-order valence-electron chi connectivity index (χ4n) is 3.28. The van der Waals surface area contributed by atoms with Crippen molar-refractivity contribution in [3.8, 4) is 0 Å².